The quantitative estimate of drug-likeness (QED) is 0.723. The molecule has 1 atom stereocenters. The van der Waals surface area contributed by atoms with Crippen LogP contribution in [0.4, 0.5) is 8.78 Å². The summed E-state index contributed by atoms with van der Waals surface area (Å²) in [6, 6.07) is -0.574. The van der Waals surface area contributed by atoms with Crippen LogP contribution in [0.3, 0.4) is 0 Å². The zero-order chi connectivity index (χ0) is 9.73. The van der Waals surface area contributed by atoms with Gasteiger partial charge in [0.25, 0.3) is 5.92 Å². The van der Waals surface area contributed by atoms with Crippen molar-refractivity contribution in [3.63, 3.8) is 0 Å². The minimum absolute atomic E-state index is 0.0185. The Morgan fingerprint density at radius 3 is 2.77 bits per heavy atom. The Bertz CT molecular complexity index is 140. The molecular formula is C10H19F2N. The molecule has 1 aliphatic rings. The zero-order valence-corrected chi connectivity index (χ0v) is 8.28. The Balaban J connectivity index is 2.46. The Kier molecular flexibility index (Phi) is 4.10. The third-order valence-electron chi connectivity index (χ3n) is 2.65. The predicted molar refractivity (Wildman–Crippen MR) is 50.1 cm³/mol. The van der Waals surface area contributed by atoms with Gasteiger partial charge in [-0.15, -0.1) is 0 Å². The first-order valence-corrected chi connectivity index (χ1v) is 5.28. The molecule has 0 aliphatic carbocycles. The van der Waals surface area contributed by atoms with Gasteiger partial charge in [-0.2, -0.15) is 0 Å². The first-order valence-electron chi connectivity index (χ1n) is 5.28. The first-order chi connectivity index (χ1) is 6.17. The number of nitrogens with one attached hydrogen (secondary N) is 1. The van der Waals surface area contributed by atoms with Crippen LogP contribution in [0.25, 0.3) is 0 Å². The van der Waals surface area contributed by atoms with E-state index in [1.807, 2.05) is 6.92 Å². The topological polar surface area (TPSA) is 12.0 Å². The summed E-state index contributed by atoms with van der Waals surface area (Å²) in [4.78, 5) is 0. The Morgan fingerprint density at radius 1 is 1.31 bits per heavy atom. The van der Waals surface area contributed by atoms with Crippen LogP contribution in [0.1, 0.15) is 45.4 Å². The monoisotopic (exact) mass is 191 g/mol. The van der Waals surface area contributed by atoms with Crippen LogP contribution in [-0.2, 0) is 0 Å². The van der Waals surface area contributed by atoms with E-state index >= 15 is 0 Å². The van der Waals surface area contributed by atoms with Crippen molar-refractivity contribution in [1.29, 1.82) is 0 Å². The van der Waals surface area contributed by atoms with Crippen molar-refractivity contribution in [2.24, 2.45) is 0 Å². The molecule has 0 aromatic rings. The molecule has 0 aromatic carbocycles. The lowest BCUT2D eigenvalue weighted by molar-refractivity contribution is -0.0463. The molecule has 1 aliphatic heterocycles. The number of hydrogen-bond donors (Lipinski definition) is 1. The van der Waals surface area contributed by atoms with Crippen molar-refractivity contribution in [2.45, 2.75) is 57.4 Å². The number of halogens is 2. The fourth-order valence-corrected chi connectivity index (χ4v) is 1.90. The fourth-order valence-electron chi connectivity index (χ4n) is 1.90. The highest BCUT2D eigenvalue weighted by Gasteiger charge is 2.37. The second kappa shape index (κ2) is 4.89. The molecule has 1 saturated heterocycles. The minimum Gasteiger partial charge on any atom is -0.309 e. The van der Waals surface area contributed by atoms with Crippen LogP contribution in [-0.4, -0.2) is 18.5 Å². The molecule has 1 N–H and O–H groups in total. The number of alkyl halides is 2. The van der Waals surface area contributed by atoms with Gasteiger partial charge in [-0.25, -0.2) is 8.78 Å². The van der Waals surface area contributed by atoms with Crippen molar-refractivity contribution in [3.05, 3.63) is 0 Å². The number of hydrogen-bond acceptors (Lipinski definition) is 1. The van der Waals surface area contributed by atoms with E-state index in [1.54, 1.807) is 0 Å². The molecule has 0 radical (unpaired) electrons. The van der Waals surface area contributed by atoms with E-state index < -0.39 is 12.0 Å². The number of rotatable bonds is 3. The lowest BCUT2D eigenvalue weighted by Crippen LogP contribution is -2.44. The molecule has 1 heterocycles. The average Bonchev–Trinajstić information content (AvgIpc) is 2.31. The van der Waals surface area contributed by atoms with Crippen LogP contribution in [0.5, 0.6) is 0 Å². The van der Waals surface area contributed by atoms with Gasteiger partial charge in [0.15, 0.2) is 0 Å². The smallest absolute Gasteiger partial charge is 0.263 e. The molecule has 1 fully saturated rings. The molecule has 1 nitrogen and oxygen atoms in total. The van der Waals surface area contributed by atoms with E-state index in [2.05, 4.69) is 5.32 Å². The zero-order valence-electron chi connectivity index (χ0n) is 8.28. The third kappa shape index (κ3) is 3.22. The van der Waals surface area contributed by atoms with Crippen molar-refractivity contribution < 1.29 is 8.78 Å². The molecule has 0 saturated carbocycles. The van der Waals surface area contributed by atoms with Gasteiger partial charge in [-0.05, 0) is 19.4 Å². The van der Waals surface area contributed by atoms with Crippen LogP contribution < -0.4 is 5.32 Å². The van der Waals surface area contributed by atoms with E-state index in [9.17, 15) is 8.78 Å². The van der Waals surface area contributed by atoms with Gasteiger partial charge in [0.05, 0.1) is 6.04 Å². The lowest BCUT2D eigenvalue weighted by atomic mass is 10.0. The summed E-state index contributed by atoms with van der Waals surface area (Å²) in [6.07, 6.45) is 4.28. The minimum atomic E-state index is -2.50. The third-order valence-corrected chi connectivity index (χ3v) is 2.65. The Hall–Kier alpha value is -0.180. The molecule has 0 amide bonds. The largest absolute Gasteiger partial charge is 0.309 e. The van der Waals surface area contributed by atoms with Gasteiger partial charge in [0, 0.05) is 6.42 Å². The second-order valence-corrected chi connectivity index (χ2v) is 3.87. The maximum atomic E-state index is 13.4. The van der Waals surface area contributed by atoms with Crippen LogP contribution in [0, 0.1) is 0 Å². The van der Waals surface area contributed by atoms with Crippen LogP contribution in [0.15, 0.2) is 0 Å². The van der Waals surface area contributed by atoms with Crippen molar-refractivity contribution in [2.75, 3.05) is 6.54 Å². The highest BCUT2D eigenvalue weighted by Crippen LogP contribution is 2.28. The van der Waals surface area contributed by atoms with E-state index in [0.717, 1.165) is 25.8 Å². The van der Waals surface area contributed by atoms with Gasteiger partial charge in [0.2, 0.25) is 0 Å². The van der Waals surface area contributed by atoms with Gasteiger partial charge < -0.3 is 5.32 Å². The summed E-state index contributed by atoms with van der Waals surface area (Å²) >= 11 is 0. The summed E-state index contributed by atoms with van der Waals surface area (Å²) in [5.41, 5.74) is 0. The normalized spacial score (nSPS) is 25.6. The van der Waals surface area contributed by atoms with Crippen molar-refractivity contribution in [3.8, 4) is 0 Å². The molecule has 3 heteroatoms. The van der Waals surface area contributed by atoms with Gasteiger partial charge in [0.1, 0.15) is 0 Å². The molecular weight excluding hydrogens is 172 g/mol. The SMILES string of the molecule is CCCC(F)(F)C1CCCCCN1. The van der Waals surface area contributed by atoms with Gasteiger partial charge in [-0.3, -0.25) is 0 Å². The van der Waals surface area contributed by atoms with Gasteiger partial charge in [-0.1, -0.05) is 26.2 Å². The first kappa shape index (κ1) is 10.9. The molecule has 0 spiro atoms. The predicted octanol–water partition coefficient (Wildman–Crippen LogP) is 2.95. The van der Waals surface area contributed by atoms with Crippen molar-refractivity contribution in [1.82, 2.24) is 5.32 Å². The summed E-state index contributed by atoms with van der Waals surface area (Å²) in [5.74, 6) is -2.50. The van der Waals surface area contributed by atoms with Crippen LogP contribution in [0.2, 0.25) is 0 Å². The summed E-state index contributed by atoms with van der Waals surface area (Å²) in [6.45, 7) is 2.56. The van der Waals surface area contributed by atoms with Crippen molar-refractivity contribution >= 4 is 0 Å². The lowest BCUT2D eigenvalue weighted by Gasteiger charge is -2.26. The standard InChI is InChI=1S/C10H19F2N/c1-2-7-10(11,12)9-6-4-3-5-8-13-9/h9,13H,2-8H2,1H3. The second-order valence-electron chi connectivity index (χ2n) is 3.87. The average molecular weight is 191 g/mol. The molecule has 1 unspecified atom stereocenters. The van der Waals surface area contributed by atoms with E-state index in [4.69, 9.17) is 0 Å². The molecule has 1 rings (SSSR count). The molecule has 13 heavy (non-hydrogen) atoms. The Labute approximate surface area is 78.9 Å². The fraction of sp³-hybridized carbons (Fsp3) is 1.00. The molecule has 0 bridgehead atoms. The highest BCUT2D eigenvalue weighted by molar-refractivity contribution is 4.84. The summed E-state index contributed by atoms with van der Waals surface area (Å²) < 4.78 is 26.9. The van der Waals surface area contributed by atoms with E-state index in [1.165, 1.54) is 0 Å². The van der Waals surface area contributed by atoms with Crippen LogP contribution >= 0.6 is 0 Å². The van der Waals surface area contributed by atoms with E-state index in [0.29, 0.717) is 12.8 Å². The molecule has 0 aromatic heterocycles. The highest BCUT2D eigenvalue weighted by atomic mass is 19.3. The summed E-state index contributed by atoms with van der Waals surface area (Å²) in [7, 11) is 0. The maximum Gasteiger partial charge on any atom is 0.263 e. The summed E-state index contributed by atoms with van der Waals surface area (Å²) in [5, 5.41) is 2.96. The Morgan fingerprint density at radius 2 is 2.08 bits per heavy atom. The molecule has 78 valence electrons. The maximum absolute atomic E-state index is 13.4. The van der Waals surface area contributed by atoms with E-state index in [-0.39, 0.29) is 6.42 Å². The van der Waals surface area contributed by atoms with Gasteiger partial charge >= 0.3 is 0 Å².